The van der Waals surface area contributed by atoms with Crippen molar-refractivity contribution in [2.45, 2.75) is 89.0 Å². The Kier molecular flexibility index (Phi) is 15.9. The fourth-order valence-corrected chi connectivity index (χ4v) is 3.05. The summed E-state index contributed by atoms with van der Waals surface area (Å²) < 4.78 is 0. The summed E-state index contributed by atoms with van der Waals surface area (Å²) in [5, 5.41) is 27.2. The van der Waals surface area contributed by atoms with Gasteiger partial charge in [-0.25, -0.2) is 0 Å². The smallest absolute Gasteiger partial charge is 0.303 e. The zero-order chi connectivity index (χ0) is 29.4. The number of carboxylic acids is 2. The molecule has 12 N–H and O–H groups in total. The zero-order valence-electron chi connectivity index (χ0n) is 21.5. The fraction of sp³-hybridized carbons (Fsp3) is 0.682. The zero-order valence-corrected chi connectivity index (χ0v) is 21.5. The highest BCUT2D eigenvalue weighted by molar-refractivity contribution is 5.95. The highest BCUT2D eigenvalue weighted by atomic mass is 16.4. The van der Waals surface area contributed by atoms with E-state index in [-0.39, 0.29) is 25.7 Å². The molecule has 0 spiro atoms. The average molecular weight is 546 g/mol. The van der Waals surface area contributed by atoms with E-state index in [0.717, 1.165) is 0 Å². The van der Waals surface area contributed by atoms with E-state index in [0.29, 0.717) is 19.4 Å². The number of primary amides is 1. The average Bonchev–Trinajstić information content (AvgIpc) is 2.83. The third kappa shape index (κ3) is 14.1. The first kappa shape index (κ1) is 34.2. The molecular weight excluding hydrogens is 506 g/mol. The van der Waals surface area contributed by atoms with Crippen molar-refractivity contribution < 1.29 is 43.8 Å². The van der Waals surface area contributed by atoms with Gasteiger partial charge in [0, 0.05) is 12.8 Å². The number of nitrogens with one attached hydrogen (secondary N) is 4. The maximum absolute atomic E-state index is 13.0. The molecule has 0 saturated carbocycles. The van der Waals surface area contributed by atoms with Gasteiger partial charge in [-0.15, -0.1) is 0 Å². The molecule has 5 amide bonds. The summed E-state index contributed by atoms with van der Waals surface area (Å²) >= 11 is 0. The Morgan fingerprint density at radius 3 is 1.66 bits per heavy atom. The van der Waals surface area contributed by atoms with Crippen LogP contribution in [0.25, 0.3) is 0 Å². The van der Waals surface area contributed by atoms with E-state index >= 15 is 0 Å². The van der Waals surface area contributed by atoms with E-state index in [4.69, 9.17) is 27.4 Å². The van der Waals surface area contributed by atoms with Crippen LogP contribution in [-0.2, 0) is 33.6 Å². The molecule has 216 valence electrons. The van der Waals surface area contributed by atoms with Gasteiger partial charge in [-0.2, -0.15) is 0 Å². The lowest BCUT2D eigenvalue weighted by atomic mass is 10.1. The largest absolute Gasteiger partial charge is 0.481 e. The van der Waals surface area contributed by atoms with Gasteiger partial charge in [0.2, 0.25) is 29.5 Å². The number of hydrogen-bond acceptors (Lipinski definition) is 9. The Bertz CT molecular complexity index is 868. The molecule has 0 aromatic rings. The number of rotatable bonds is 19. The number of aliphatic carboxylic acids is 2. The van der Waals surface area contributed by atoms with Gasteiger partial charge in [-0.05, 0) is 52.5 Å². The molecule has 5 atom stereocenters. The van der Waals surface area contributed by atoms with E-state index < -0.39 is 78.1 Å². The molecule has 0 aromatic carbocycles. The minimum absolute atomic E-state index is 0.110. The van der Waals surface area contributed by atoms with Crippen molar-refractivity contribution in [3.8, 4) is 0 Å². The van der Waals surface area contributed by atoms with Gasteiger partial charge >= 0.3 is 11.9 Å². The van der Waals surface area contributed by atoms with Gasteiger partial charge in [0.15, 0.2) is 0 Å². The second-order valence-corrected chi connectivity index (χ2v) is 8.74. The van der Waals surface area contributed by atoms with Crippen molar-refractivity contribution in [3.05, 3.63) is 0 Å². The maximum atomic E-state index is 13.0. The van der Waals surface area contributed by atoms with Crippen molar-refractivity contribution in [2.75, 3.05) is 6.54 Å². The number of carbonyl (C=O) groups excluding carboxylic acids is 5. The Morgan fingerprint density at radius 1 is 0.658 bits per heavy atom. The van der Waals surface area contributed by atoms with Crippen LogP contribution < -0.4 is 38.5 Å². The van der Waals surface area contributed by atoms with Crippen LogP contribution in [0.3, 0.4) is 0 Å². The van der Waals surface area contributed by atoms with Crippen LogP contribution in [-0.4, -0.2) is 88.4 Å². The lowest BCUT2D eigenvalue weighted by Crippen LogP contribution is -2.58. The molecule has 16 nitrogen and oxygen atoms in total. The predicted octanol–water partition coefficient (Wildman–Crippen LogP) is -3.36. The third-order valence-corrected chi connectivity index (χ3v) is 5.40. The fourth-order valence-electron chi connectivity index (χ4n) is 3.05. The van der Waals surface area contributed by atoms with Crippen LogP contribution in [0.4, 0.5) is 0 Å². The third-order valence-electron chi connectivity index (χ3n) is 5.40. The summed E-state index contributed by atoms with van der Waals surface area (Å²) in [7, 11) is 0. The first-order valence-electron chi connectivity index (χ1n) is 12.1. The van der Waals surface area contributed by atoms with Crippen molar-refractivity contribution >= 4 is 41.5 Å². The minimum atomic E-state index is -1.35. The summed E-state index contributed by atoms with van der Waals surface area (Å²) in [5.74, 6) is -6.35. The van der Waals surface area contributed by atoms with Crippen LogP contribution in [0.5, 0.6) is 0 Å². The molecule has 0 rings (SSSR count). The summed E-state index contributed by atoms with van der Waals surface area (Å²) in [5.41, 5.74) is 16.3. The minimum Gasteiger partial charge on any atom is -0.481 e. The van der Waals surface area contributed by atoms with E-state index in [1.165, 1.54) is 13.8 Å². The van der Waals surface area contributed by atoms with E-state index in [1.54, 1.807) is 0 Å². The Labute approximate surface area is 219 Å². The molecule has 38 heavy (non-hydrogen) atoms. The van der Waals surface area contributed by atoms with E-state index in [9.17, 15) is 33.6 Å². The molecule has 0 aliphatic rings. The molecule has 0 aliphatic heterocycles. The van der Waals surface area contributed by atoms with Crippen LogP contribution in [0.2, 0.25) is 0 Å². The number of unbranched alkanes of at least 4 members (excludes halogenated alkanes) is 1. The van der Waals surface area contributed by atoms with Gasteiger partial charge in [-0.1, -0.05) is 0 Å². The molecule has 0 aromatic heterocycles. The molecular formula is C22H39N7O9. The molecule has 0 bridgehead atoms. The van der Waals surface area contributed by atoms with Crippen LogP contribution in [0.15, 0.2) is 0 Å². The first-order valence-corrected chi connectivity index (χ1v) is 12.1. The number of amides is 5. The molecule has 0 heterocycles. The highest BCUT2D eigenvalue weighted by Crippen LogP contribution is 2.06. The Balaban J connectivity index is 5.45. The molecule has 0 saturated heterocycles. The van der Waals surface area contributed by atoms with Crippen molar-refractivity contribution in [3.63, 3.8) is 0 Å². The number of nitrogens with two attached hydrogens (primary N) is 3. The molecule has 0 aliphatic carbocycles. The topological polar surface area (TPSA) is 286 Å². The van der Waals surface area contributed by atoms with E-state index in [1.807, 2.05) is 0 Å². The quantitative estimate of drug-likeness (QED) is 0.0722. The molecule has 0 radical (unpaired) electrons. The van der Waals surface area contributed by atoms with Crippen LogP contribution in [0.1, 0.15) is 58.8 Å². The number of carbonyl (C=O) groups is 7. The van der Waals surface area contributed by atoms with Crippen molar-refractivity contribution in [1.29, 1.82) is 0 Å². The monoisotopic (exact) mass is 545 g/mol. The summed E-state index contributed by atoms with van der Waals surface area (Å²) in [6.45, 7) is 2.97. The normalized spacial score (nSPS) is 14.6. The lowest BCUT2D eigenvalue weighted by molar-refractivity contribution is -0.139. The maximum Gasteiger partial charge on any atom is 0.303 e. The second-order valence-electron chi connectivity index (χ2n) is 8.74. The van der Waals surface area contributed by atoms with Crippen molar-refractivity contribution in [1.82, 2.24) is 21.3 Å². The van der Waals surface area contributed by atoms with Gasteiger partial charge in [0.25, 0.3) is 0 Å². The SMILES string of the molecule is C[C@H](NC(=O)[C@H](CCC(=O)O)NC(=O)[C@H](CCCCN)NC(=O)[C@H](C)NC(=O)[C@@H](N)CCC(=O)O)C(N)=O. The predicted molar refractivity (Wildman–Crippen MR) is 133 cm³/mol. The molecule has 0 fully saturated rings. The summed E-state index contributed by atoms with van der Waals surface area (Å²) in [6.07, 6.45) is -0.217. The second kappa shape index (κ2) is 17.6. The first-order chi connectivity index (χ1) is 17.7. The molecule has 16 heteroatoms. The number of hydrogen-bond donors (Lipinski definition) is 9. The van der Waals surface area contributed by atoms with Gasteiger partial charge in [-0.3, -0.25) is 33.6 Å². The Hall–Kier alpha value is -3.79. The molecule has 0 unspecified atom stereocenters. The van der Waals surface area contributed by atoms with Crippen LogP contribution >= 0.6 is 0 Å². The standard InChI is InChI=1S/C22H39N7O9/c1-11(18(25)34)26-21(37)15(7-9-17(32)33)29-22(38)14(5-3-4-10-23)28-19(35)12(2)27-20(36)13(24)6-8-16(30)31/h11-15H,3-10,23-24H2,1-2H3,(H2,25,34)(H,26,37)(H,27,36)(H,28,35)(H,29,38)(H,30,31)(H,32,33)/t11-,12-,13-,14-,15-/m0/s1. The van der Waals surface area contributed by atoms with E-state index in [2.05, 4.69) is 21.3 Å². The van der Waals surface area contributed by atoms with Crippen molar-refractivity contribution in [2.24, 2.45) is 17.2 Å². The van der Waals surface area contributed by atoms with Gasteiger partial charge < -0.3 is 48.7 Å². The van der Waals surface area contributed by atoms with Gasteiger partial charge in [0.05, 0.1) is 6.04 Å². The summed E-state index contributed by atoms with van der Waals surface area (Å²) in [6, 6.07) is -5.92. The Morgan fingerprint density at radius 2 is 1.13 bits per heavy atom. The van der Waals surface area contributed by atoms with Gasteiger partial charge in [0.1, 0.15) is 24.2 Å². The lowest BCUT2D eigenvalue weighted by Gasteiger charge is -2.25. The summed E-state index contributed by atoms with van der Waals surface area (Å²) in [4.78, 5) is 83.4. The van der Waals surface area contributed by atoms with Crippen LogP contribution in [0, 0.1) is 0 Å². The number of carboxylic acid groups (broad SMARTS) is 2. The highest BCUT2D eigenvalue weighted by Gasteiger charge is 2.30.